The molecule has 1 fully saturated rings. The summed E-state index contributed by atoms with van der Waals surface area (Å²) in [5, 5.41) is 10.1. The number of anilines is 1. The number of aliphatic hydroxyl groups excluding tert-OH is 1. The van der Waals surface area contributed by atoms with Crippen LogP contribution >= 0.6 is 23.2 Å². The summed E-state index contributed by atoms with van der Waals surface area (Å²) < 4.78 is 15.0. The van der Waals surface area contributed by atoms with Crippen LogP contribution in [0.5, 0.6) is 0 Å². The number of hydrogen-bond acceptors (Lipinski definition) is 5. The number of rotatable bonds is 6. The number of nitrogens with two attached hydrogens (primary N) is 1. The highest BCUT2D eigenvalue weighted by Gasteiger charge is 2.42. The Morgan fingerprint density at radius 2 is 1.63 bits per heavy atom. The van der Waals surface area contributed by atoms with E-state index in [1.807, 2.05) is 66.7 Å². The lowest BCUT2D eigenvalue weighted by atomic mass is 9.83. The van der Waals surface area contributed by atoms with Gasteiger partial charge < -0.3 is 24.9 Å². The molecule has 1 aromatic heterocycles. The molecule has 8 heteroatoms. The van der Waals surface area contributed by atoms with E-state index in [0.29, 0.717) is 17.4 Å². The molecule has 5 rings (SSSR count). The molecule has 0 radical (unpaired) electrons. The highest BCUT2D eigenvalue weighted by atomic mass is 35.5. The van der Waals surface area contributed by atoms with E-state index in [2.05, 4.69) is 17.1 Å². The largest absolute Gasteiger partial charge is 0.399 e. The summed E-state index contributed by atoms with van der Waals surface area (Å²) in [6.07, 6.45) is 0.297. The first-order valence-electron chi connectivity index (χ1n) is 11.3. The van der Waals surface area contributed by atoms with E-state index in [4.69, 9.17) is 38.4 Å². The van der Waals surface area contributed by atoms with E-state index >= 15 is 0 Å². The van der Waals surface area contributed by atoms with Crippen LogP contribution in [0.1, 0.15) is 40.6 Å². The molecule has 0 bridgehead atoms. The van der Waals surface area contributed by atoms with Crippen LogP contribution in [0, 0.1) is 0 Å². The maximum Gasteiger partial charge on any atom is 0.185 e. The van der Waals surface area contributed by atoms with Crippen LogP contribution in [0.15, 0.2) is 85.2 Å². The summed E-state index contributed by atoms with van der Waals surface area (Å²) in [7, 11) is 0. The highest BCUT2D eigenvalue weighted by molar-refractivity contribution is 6.40. The van der Waals surface area contributed by atoms with Gasteiger partial charge in [-0.15, -0.1) is 0 Å². The van der Waals surface area contributed by atoms with Gasteiger partial charge in [-0.2, -0.15) is 0 Å². The fourth-order valence-corrected chi connectivity index (χ4v) is 4.85. The normalized spacial score (nSPS) is 22.3. The standard InChI is InChI=1S/C27H25Cl2N3O3/c28-25-26(29)32(16-31-25)14-22-23(18-5-2-1-3-6-18)24(19-11-9-17(15-33)10-12-19)35-27(34-22)20-7-4-8-21(30)13-20/h1-13,16,22-24,27,33H,14-15,30H2. The van der Waals surface area contributed by atoms with Crippen LogP contribution in [0.3, 0.4) is 0 Å². The summed E-state index contributed by atoms with van der Waals surface area (Å²) >= 11 is 12.6. The minimum Gasteiger partial charge on any atom is -0.399 e. The molecule has 2 heterocycles. The third-order valence-corrected chi connectivity index (χ3v) is 7.03. The Kier molecular flexibility index (Phi) is 7.09. The van der Waals surface area contributed by atoms with E-state index in [0.717, 1.165) is 22.3 Å². The Balaban J connectivity index is 1.60. The van der Waals surface area contributed by atoms with Crippen LogP contribution in [0.2, 0.25) is 10.3 Å². The summed E-state index contributed by atoms with van der Waals surface area (Å²) in [4.78, 5) is 4.13. The molecule has 6 nitrogen and oxygen atoms in total. The van der Waals surface area contributed by atoms with E-state index in [1.165, 1.54) is 0 Å². The third-order valence-electron chi connectivity index (χ3n) is 6.26. The zero-order chi connectivity index (χ0) is 24.4. The van der Waals surface area contributed by atoms with Crippen molar-refractivity contribution in [1.29, 1.82) is 0 Å². The highest BCUT2D eigenvalue weighted by Crippen LogP contribution is 2.47. The molecular formula is C27H25Cl2N3O3. The van der Waals surface area contributed by atoms with Crippen molar-refractivity contribution in [3.05, 3.63) is 118 Å². The number of nitrogen functional groups attached to an aromatic ring is 1. The third kappa shape index (κ3) is 5.08. The second-order valence-corrected chi connectivity index (χ2v) is 9.26. The van der Waals surface area contributed by atoms with Gasteiger partial charge in [-0.05, 0) is 28.8 Å². The van der Waals surface area contributed by atoms with Gasteiger partial charge in [-0.3, -0.25) is 0 Å². The molecule has 4 unspecified atom stereocenters. The maximum atomic E-state index is 9.52. The summed E-state index contributed by atoms with van der Waals surface area (Å²) in [5.41, 5.74) is 10.4. The molecule has 4 aromatic rings. The van der Waals surface area contributed by atoms with Crippen molar-refractivity contribution in [2.24, 2.45) is 0 Å². The van der Waals surface area contributed by atoms with Gasteiger partial charge in [0.25, 0.3) is 0 Å². The van der Waals surface area contributed by atoms with E-state index in [-0.39, 0.29) is 29.9 Å². The average molecular weight is 510 g/mol. The fraction of sp³-hybridized carbons (Fsp3) is 0.222. The second-order valence-electron chi connectivity index (χ2n) is 8.55. The van der Waals surface area contributed by atoms with Crippen molar-refractivity contribution in [2.75, 3.05) is 5.73 Å². The Hall–Kier alpha value is -2.87. The molecule has 0 saturated carbocycles. The second kappa shape index (κ2) is 10.4. The number of nitrogens with zero attached hydrogens (tertiary/aromatic N) is 2. The first-order chi connectivity index (χ1) is 17.0. The lowest BCUT2D eigenvalue weighted by Crippen LogP contribution is -2.39. The van der Waals surface area contributed by atoms with Gasteiger partial charge in [0.15, 0.2) is 11.4 Å². The van der Waals surface area contributed by atoms with Crippen LogP contribution in [0.25, 0.3) is 0 Å². The van der Waals surface area contributed by atoms with Crippen molar-refractivity contribution >= 4 is 28.9 Å². The first kappa shape index (κ1) is 23.9. The molecule has 0 spiro atoms. The summed E-state index contributed by atoms with van der Waals surface area (Å²) in [6.45, 7) is 0.400. The van der Waals surface area contributed by atoms with Gasteiger partial charge in [0.05, 0.1) is 31.7 Å². The van der Waals surface area contributed by atoms with Crippen LogP contribution in [-0.2, 0) is 22.6 Å². The van der Waals surface area contributed by atoms with Crippen LogP contribution < -0.4 is 5.73 Å². The van der Waals surface area contributed by atoms with E-state index in [1.54, 1.807) is 10.9 Å². The molecule has 3 aromatic carbocycles. The molecule has 3 N–H and O–H groups in total. The fourth-order valence-electron chi connectivity index (χ4n) is 4.53. The maximum absolute atomic E-state index is 9.52. The molecular weight excluding hydrogens is 485 g/mol. The molecule has 35 heavy (non-hydrogen) atoms. The monoisotopic (exact) mass is 509 g/mol. The smallest absolute Gasteiger partial charge is 0.185 e. The Bertz CT molecular complexity index is 1280. The SMILES string of the molecule is Nc1cccc(C2OC(Cn3cnc(Cl)c3Cl)C(c3ccccc3)C(c3ccc(CO)cc3)O2)c1. The Morgan fingerprint density at radius 3 is 2.29 bits per heavy atom. The molecule has 1 aliphatic heterocycles. The molecule has 180 valence electrons. The number of imidazole rings is 1. The van der Waals surface area contributed by atoms with Crippen LogP contribution in [0.4, 0.5) is 5.69 Å². The quantitative estimate of drug-likeness (QED) is 0.316. The van der Waals surface area contributed by atoms with Crippen molar-refractivity contribution in [3.63, 3.8) is 0 Å². The number of aromatic nitrogens is 2. The minimum absolute atomic E-state index is 0.0224. The summed E-state index contributed by atoms with van der Waals surface area (Å²) in [6, 6.07) is 25.4. The number of ether oxygens (including phenoxy) is 2. The molecule has 0 amide bonds. The zero-order valence-corrected chi connectivity index (χ0v) is 20.3. The average Bonchev–Trinajstić information content (AvgIpc) is 3.21. The van der Waals surface area contributed by atoms with E-state index < -0.39 is 6.29 Å². The van der Waals surface area contributed by atoms with Crippen LogP contribution in [-0.4, -0.2) is 20.8 Å². The van der Waals surface area contributed by atoms with Gasteiger partial charge in [0.2, 0.25) is 0 Å². The van der Waals surface area contributed by atoms with Crippen molar-refractivity contribution in [1.82, 2.24) is 9.55 Å². The van der Waals surface area contributed by atoms with Crippen molar-refractivity contribution in [2.45, 2.75) is 37.6 Å². The number of halogens is 2. The minimum atomic E-state index is -0.649. The van der Waals surface area contributed by atoms with E-state index in [9.17, 15) is 5.11 Å². The number of hydrogen-bond donors (Lipinski definition) is 2. The molecule has 0 aliphatic carbocycles. The number of benzene rings is 3. The van der Waals surface area contributed by atoms with Gasteiger partial charge in [-0.25, -0.2) is 4.98 Å². The Labute approximate surface area is 213 Å². The van der Waals surface area contributed by atoms with Crippen molar-refractivity contribution in [3.8, 4) is 0 Å². The van der Waals surface area contributed by atoms with Gasteiger partial charge >= 0.3 is 0 Å². The molecule has 1 saturated heterocycles. The van der Waals surface area contributed by atoms with Crippen molar-refractivity contribution < 1.29 is 14.6 Å². The van der Waals surface area contributed by atoms with Gasteiger partial charge in [0, 0.05) is 17.2 Å². The summed E-state index contributed by atoms with van der Waals surface area (Å²) in [5.74, 6) is -0.161. The van der Waals surface area contributed by atoms with Gasteiger partial charge in [-0.1, -0.05) is 89.9 Å². The first-order valence-corrected chi connectivity index (χ1v) is 12.1. The predicted molar refractivity (Wildman–Crippen MR) is 136 cm³/mol. The topological polar surface area (TPSA) is 82.5 Å². The predicted octanol–water partition coefficient (Wildman–Crippen LogP) is 5.90. The number of aliphatic hydroxyl groups is 1. The zero-order valence-electron chi connectivity index (χ0n) is 18.8. The van der Waals surface area contributed by atoms with Gasteiger partial charge in [0.1, 0.15) is 5.15 Å². The lowest BCUT2D eigenvalue weighted by Gasteiger charge is -2.43. The molecule has 1 aliphatic rings. The lowest BCUT2D eigenvalue weighted by molar-refractivity contribution is -0.263. The Morgan fingerprint density at radius 1 is 0.886 bits per heavy atom. The molecule has 4 atom stereocenters.